The fourth-order valence-corrected chi connectivity index (χ4v) is 2.02. The van der Waals surface area contributed by atoms with Gasteiger partial charge in [-0.2, -0.15) is 0 Å². The van der Waals surface area contributed by atoms with E-state index in [9.17, 15) is 0 Å². The fraction of sp³-hybridized carbons (Fsp3) is 1.00. The summed E-state index contributed by atoms with van der Waals surface area (Å²) in [5.41, 5.74) is 0. The summed E-state index contributed by atoms with van der Waals surface area (Å²) in [6.45, 7) is 7.43. The summed E-state index contributed by atoms with van der Waals surface area (Å²) >= 11 is 2.51. The Balaban J connectivity index is 2.29. The zero-order valence-electron chi connectivity index (χ0n) is 7.43. The minimum atomic E-state index is 0.400. The minimum absolute atomic E-state index is 0.400. The molecule has 11 heavy (non-hydrogen) atoms. The van der Waals surface area contributed by atoms with Crippen molar-refractivity contribution in [3.05, 3.63) is 0 Å². The Hall–Kier alpha value is 0.650. The van der Waals surface area contributed by atoms with Crippen molar-refractivity contribution >= 4 is 22.6 Å². The van der Waals surface area contributed by atoms with Crippen LogP contribution in [0.5, 0.6) is 0 Å². The average Bonchev–Trinajstić information content (AvgIpc) is 1.84. The number of rotatable bonds is 3. The van der Waals surface area contributed by atoms with Gasteiger partial charge >= 0.3 is 0 Å². The standard InChI is InChI=1S/C8H16INO/c1-7(2)10(3)4-8(9)5-11-6-8/h7H,4-6H2,1-3H3. The molecule has 0 radical (unpaired) electrons. The average molecular weight is 269 g/mol. The fourth-order valence-electron chi connectivity index (χ4n) is 1.04. The maximum absolute atomic E-state index is 5.18. The van der Waals surface area contributed by atoms with Crippen molar-refractivity contribution < 1.29 is 4.74 Å². The van der Waals surface area contributed by atoms with Gasteiger partial charge in [-0.25, -0.2) is 0 Å². The van der Waals surface area contributed by atoms with Crippen molar-refractivity contribution in [1.29, 1.82) is 0 Å². The molecule has 0 amide bonds. The molecule has 0 saturated carbocycles. The minimum Gasteiger partial charge on any atom is -0.378 e. The van der Waals surface area contributed by atoms with E-state index in [4.69, 9.17) is 4.74 Å². The molecule has 66 valence electrons. The van der Waals surface area contributed by atoms with Crippen LogP contribution in [0.3, 0.4) is 0 Å². The van der Waals surface area contributed by atoms with Crippen molar-refractivity contribution in [2.75, 3.05) is 26.8 Å². The lowest BCUT2D eigenvalue weighted by Crippen LogP contribution is -2.52. The van der Waals surface area contributed by atoms with Crippen LogP contribution < -0.4 is 0 Å². The van der Waals surface area contributed by atoms with Crippen LogP contribution in [0.2, 0.25) is 0 Å². The van der Waals surface area contributed by atoms with Gasteiger partial charge in [-0.1, -0.05) is 22.6 Å². The van der Waals surface area contributed by atoms with Crippen LogP contribution in [0, 0.1) is 0 Å². The Labute approximate surface area is 82.4 Å². The molecule has 1 heterocycles. The Bertz CT molecular complexity index is 134. The maximum Gasteiger partial charge on any atom is 0.0814 e. The molecule has 1 aliphatic heterocycles. The van der Waals surface area contributed by atoms with Crippen molar-refractivity contribution in [3.8, 4) is 0 Å². The summed E-state index contributed by atoms with van der Waals surface area (Å²) in [6, 6.07) is 0.641. The van der Waals surface area contributed by atoms with Crippen LogP contribution >= 0.6 is 22.6 Å². The molecule has 0 aromatic heterocycles. The number of hydrogen-bond acceptors (Lipinski definition) is 2. The summed E-state index contributed by atoms with van der Waals surface area (Å²) in [5.74, 6) is 0. The van der Waals surface area contributed by atoms with E-state index in [1.807, 2.05) is 0 Å². The second kappa shape index (κ2) is 3.58. The lowest BCUT2D eigenvalue weighted by molar-refractivity contribution is -0.0144. The van der Waals surface area contributed by atoms with Gasteiger partial charge in [0.1, 0.15) is 0 Å². The van der Waals surface area contributed by atoms with Crippen molar-refractivity contribution in [2.24, 2.45) is 0 Å². The first-order valence-electron chi connectivity index (χ1n) is 4.00. The monoisotopic (exact) mass is 269 g/mol. The van der Waals surface area contributed by atoms with Crippen LogP contribution in [-0.4, -0.2) is 41.2 Å². The third-order valence-corrected chi connectivity index (χ3v) is 3.10. The molecule has 1 saturated heterocycles. The molecule has 1 rings (SSSR count). The Kier molecular flexibility index (Phi) is 3.17. The van der Waals surface area contributed by atoms with Gasteiger partial charge in [-0.3, -0.25) is 0 Å². The molecular formula is C8H16INO. The first-order chi connectivity index (χ1) is 5.03. The Morgan fingerprint density at radius 1 is 1.55 bits per heavy atom. The highest BCUT2D eigenvalue weighted by Crippen LogP contribution is 2.29. The van der Waals surface area contributed by atoms with Crippen LogP contribution in [-0.2, 0) is 4.74 Å². The van der Waals surface area contributed by atoms with Gasteiger partial charge in [0.05, 0.1) is 16.6 Å². The van der Waals surface area contributed by atoms with Crippen molar-refractivity contribution in [3.63, 3.8) is 0 Å². The third-order valence-electron chi connectivity index (χ3n) is 2.14. The highest BCUT2D eigenvalue weighted by molar-refractivity contribution is 14.1. The first-order valence-corrected chi connectivity index (χ1v) is 5.08. The lowest BCUT2D eigenvalue weighted by atomic mass is 10.1. The molecule has 0 aliphatic carbocycles. The van der Waals surface area contributed by atoms with E-state index in [1.54, 1.807) is 0 Å². The molecule has 0 atom stereocenters. The van der Waals surface area contributed by atoms with E-state index >= 15 is 0 Å². The highest BCUT2D eigenvalue weighted by atomic mass is 127. The van der Waals surface area contributed by atoms with E-state index in [-0.39, 0.29) is 0 Å². The molecule has 0 bridgehead atoms. The second-order valence-electron chi connectivity index (χ2n) is 3.65. The van der Waals surface area contributed by atoms with E-state index in [0.717, 1.165) is 19.8 Å². The summed E-state index contributed by atoms with van der Waals surface area (Å²) in [5, 5.41) is 0. The number of hydrogen-bond donors (Lipinski definition) is 0. The van der Waals surface area contributed by atoms with Crippen LogP contribution in [0.25, 0.3) is 0 Å². The van der Waals surface area contributed by atoms with Gasteiger partial charge in [0, 0.05) is 12.6 Å². The maximum atomic E-state index is 5.18. The van der Waals surface area contributed by atoms with Gasteiger partial charge in [0.15, 0.2) is 0 Å². The van der Waals surface area contributed by atoms with E-state index in [1.165, 1.54) is 0 Å². The first kappa shape index (κ1) is 9.74. The van der Waals surface area contributed by atoms with Crippen LogP contribution in [0.15, 0.2) is 0 Å². The third kappa shape index (κ3) is 2.56. The van der Waals surface area contributed by atoms with E-state index in [2.05, 4.69) is 48.4 Å². The largest absolute Gasteiger partial charge is 0.378 e. The molecule has 0 aromatic rings. The van der Waals surface area contributed by atoms with Crippen LogP contribution in [0.4, 0.5) is 0 Å². The number of halogens is 1. The molecule has 0 unspecified atom stereocenters. The molecule has 0 aromatic carbocycles. The normalized spacial score (nSPS) is 22.4. The molecule has 0 N–H and O–H groups in total. The zero-order chi connectivity index (χ0) is 8.48. The van der Waals surface area contributed by atoms with Gasteiger partial charge < -0.3 is 9.64 Å². The van der Waals surface area contributed by atoms with Crippen molar-refractivity contribution in [2.45, 2.75) is 23.3 Å². The smallest absolute Gasteiger partial charge is 0.0814 e. The topological polar surface area (TPSA) is 12.5 Å². The van der Waals surface area contributed by atoms with Crippen LogP contribution in [0.1, 0.15) is 13.8 Å². The summed E-state index contributed by atoms with van der Waals surface area (Å²) < 4.78 is 5.58. The predicted molar refractivity (Wildman–Crippen MR) is 55.3 cm³/mol. The molecule has 1 fully saturated rings. The number of nitrogens with zero attached hydrogens (tertiary/aromatic N) is 1. The summed E-state index contributed by atoms with van der Waals surface area (Å²) in [6.07, 6.45) is 0. The summed E-state index contributed by atoms with van der Waals surface area (Å²) in [4.78, 5) is 2.37. The quantitative estimate of drug-likeness (QED) is 0.569. The highest BCUT2D eigenvalue weighted by Gasteiger charge is 2.36. The number of ether oxygens (including phenoxy) is 1. The Morgan fingerprint density at radius 2 is 2.09 bits per heavy atom. The van der Waals surface area contributed by atoms with Gasteiger partial charge in [0.25, 0.3) is 0 Å². The SMILES string of the molecule is CC(C)N(C)CC1(I)COC1. The van der Waals surface area contributed by atoms with Crippen molar-refractivity contribution in [1.82, 2.24) is 4.90 Å². The molecule has 2 nitrogen and oxygen atoms in total. The van der Waals surface area contributed by atoms with E-state index < -0.39 is 0 Å². The predicted octanol–water partition coefficient (Wildman–Crippen LogP) is 1.53. The lowest BCUT2D eigenvalue weighted by Gasteiger charge is -2.40. The molecular weight excluding hydrogens is 253 g/mol. The molecule has 0 spiro atoms. The molecule has 1 aliphatic rings. The number of alkyl halides is 1. The zero-order valence-corrected chi connectivity index (χ0v) is 9.59. The second-order valence-corrected chi connectivity index (χ2v) is 5.94. The van der Waals surface area contributed by atoms with Gasteiger partial charge in [-0.05, 0) is 20.9 Å². The van der Waals surface area contributed by atoms with Gasteiger partial charge in [0.2, 0.25) is 0 Å². The molecule has 3 heteroatoms. The summed E-state index contributed by atoms with van der Waals surface area (Å²) in [7, 11) is 2.17. The van der Waals surface area contributed by atoms with E-state index in [0.29, 0.717) is 9.46 Å². The Morgan fingerprint density at radius 3 is 2.36 bits per heavy atom. The van der Waals surface area contributed by atoms with Gasteiger partial charge in [-0.15, -0.1) is 0 Å².